The van der Waals surface area contributed by atoms with Crippen LogP contribution in [-0.2, 0) is 9.59 Å². The molecule has 0 aliphatic heterocycles. The summed E-state index contributed by atoms with van der Waals surface area (Å²) in [5.41, 5.74) is 0. The van der Waals surface area contributed by atoms with E-state index in [-0.39, 0.29) is 11.9 Å². The molecule has 0 radical (unpaired) electrons. The number of halogens is 1. The van der Waals surface area contributed by atoms with Crippen molar-refractivity contribution in [3.05, 3.63) is 28.7 Å². The van der Waals surface area contributed by atoms with Gasteiger partial charge in [-0.1, -0.05) is 15.9 Å². The molecule has 116 valence electrons. The lowest BCUT2D eigenvalue weighted by molar-refractivity contribution is -0.142. The second-order valence-electron chi connectivity index (χ2n) is 4.89. The van der Waals surface area contributed by atoms with Gasteiger partial charge in [0.1, 0.15) is 5.75 Å². The number of rotatable bonds is 8. The molecule has 2 atom stereocenters. The Morgan fingerprint density at radius 2 is 1.90 bits per heavy atom. The first-order chi connectivity index (χ1) is 9.90. The van der Waals surface area contributed by atoms with Crippen molar-refractivity contribution in [2.45, 2.75) is 32.7 Å². The fourth-order valence-corrected chi connectivity index (χ4v) is 1.88. The Morgan fingerprint density at radius 3 is 2.48 bits per heavy atom. The second kappa shape index (κ2) is 8.67. The fourth-order valence-electron chi connectivity index (χ4n) is 1.62. The quantitative estimate of drug-likeness (QED) is 0.701. The number of aliphatic carboxylic acids is 1. The van der Waals surface area contributed by atoms with Crippen molar-refractivity contribution in [2.24, 2.45) is 5.92 Å². The smallest absolute Gasteiger partial charge is 0.308 e. The minimum Gasteiger partial charge on any atom is -0.494 e. The summed E-state index contributed by atoms with van der Waals surface area (Å²) in [7, 11) is 0. The zero-order valence-electron chi connectivity index (χ0n) is 12.1. The van der Waals surface area contributed by atoms with Gasteiger partial charge in [-0.25, -0.2) is 0 Å². The number of carboxylic acid groups (broad SMARTS) is 1. The molecule has 1 rings (SSSR count). The van der Waals surface area contributed by atoms with Crippen molar-refractivity contribution < 1.29 is 19.4 Å². The predicted molar refractivity (Wildman–Crippen MR) is 83.3 cm³/mol. The summed E-state index contributed by atoms with van der Waals surface area (Å²) in [5.74, 6) is -0.921. The molecule has 0 aliphatic rings. The van der Waals surface area contributed by atoms with Crippen LogP contribution in [0.3, 0.4) is 0 Å². The van der Waals surface area contributed by atoms with E-state index in [1.807, 2.05) is 24.3 Å². The minimum atomic E-state index is -0.915. The third-order valence-electron chi connectivity index (χ3n) is 3.16. The van der Waals surface area contributed by atoms with E-state index in [2.05, 4.69) is 21.2 Å². The number of benzene rings is 1. The minimum absolute atomic E-state index is 0.157. The average Bonchev–Trinajstić information content (AvgIpc) is 2.44. The Bertz CT molecular complexity index is 475. The van der Waals surface area contributed by atoms with Crippen LogP contribution in [0.4, 0.5) is 0 Å². The van der Waals surface area contributed by atoms with Gasteiger partial charge in [-0.05, 0) is 44.5 Å². The first-order valence-electron chi connectivity index (χ1n) is 6.80. The molecule has 0 spiro atoms. The zero-order chi connectivity index (χ0) is 15.8. The molecule has 5 nitrogen and oxygen atoms in total. The number of carbonyl (C=O) groups is 2. The van der Waals surface area contributed by atoms with Gasteiger partial charge in [0.2, 0.25) is 5.91 Å². The number of nitrogens with one attached hydrogen (secondary N) is 1. The largest absolute Gasteiger partial charge is 0.494 e. The van der Waals surface area contributed by atoms with Crippen LogP contribution in [0.1, 0.15) is 26.7 Å². The van der Waals surface area contributed by atoms with Gasteiger partial charge >= 0.3 is 5.97 Å². The van der Waals surface area contributed by atoms with Crippen molar-refractivity contribution in [3.63, 3.8) is 0 Å². The molecule has 0 heterocycles. The van der Waals surface area contributed by atoms with E-state index in [1.165, 1.54) is 0 Å². The monoisotopic (exact) mass is 357 g/mol. The number of amides is 1. The highest BCUT2D eigenvalue weighted by Crippen LogP contribution is 2.16. The van der Waals surface area contributed by atoms with E-state index in [9.17, 15) is 9.59 Å². The number of carboxylic acids is 1. The van der Waals surface area contributed by atoms with E-state index < -0.39 is 11.9 Å². The van der Waals surface area contributed by atoms with Crippen molar-refractivity contribution >= 4 is 27.8 Å². The SMILES string of the molecule is CC(NC(=O)CCCOc1ccc(Br)cc1)C(C)C(=O)O. The first kappa shape index (κ1) is 17.5. The molecule has 2 N–H and O–H groups in total. The Labute approximate surface area is 132 Å². The van der Waals surface area contributed by atoms with Crippen LogP contribution in [0, 0.1) is 5.92 Å². The van der Waals surface area contributed by atoms with Crippen molar-refractivity contribution in [3.8, 4) is 5.75 Å². The summed E-state index contributed by atoms with van der Waals surface area (Å²) in [5, 5.41) is 11.5. The topological polar surface area (TPSA) is 75.6 Å². The van der Waals surface area contributed by atoms with Crippen LogP contribution >= 0.6 is 15.9 Å². The van der Waals surface area contributed by atoms with Crippen LogP contribution in [0.2, 0.25) is 0 Å². The summed E-state index contributed by atoms with van der Waals surface area (Å²) >= 11 is 3.34. The van der Waals surface area contributed by atoms with Gasteiger partial charge in [0, 0.05) is 16.9 Å². The number of carbonyl (C=O) groups excluding carboxylic acids is 1. The maximum absolute atomic E-state index is 11.7. The normalized spacial score (nSPS) is 13.3. The Hall–Kier alpha value is -1.56. The molecule has 0 bridgehead atoms. The van der Waals surface area contributed by atoms with Crippen LogP contribution in [0.25, 0.3) is 0 Å². The van der Waals surface area contributed by atoms with Gasteiger partial charge in [0.25, 0.3) is 0 Å². The molecular formula is C15H20BrNO4. The Kier molecular flexibility index (Phi) is 7.22. The molecule has 0 saturated carbocycles. The molecule has 0 aliphatic carbocycles. The standard InChI is InChI=1S/C15H20BrNO4/c1-10(15(19)20)11(2)17-14(18)4-3-9-21-13-7-5-12(16)6-8-13/h5-8,10-11H,3-4,9H2,1-2H3,(H,17,18)(H,19,20). The third-order valence-corrected chi connectivity index (χ3v) is 3.69. The highest BCUT2D eigenvalue weighted by Gasteiger charge is 2.20. The van der Waals surface area contributed by atoms with Gasteiger partial charge in [0.05, 0.1) is 12.5 Å². The molecule has 6 heteroatoms. The van der Waals surface area contributed by atoms with Crippen LogP contribution < -0.4 is 10.1 Å². The molecule has 1 aromatic rings. The molecule has 0 aromatic heterocycles. The predicted octanol–water partition coefficient (Wildman–Crippen LogP) is 2.83. The molecule has 21 heavy (non-hydrogen) atoms. The molecule has 1 aromatic carbocycles. The summed E-state index contributed by atoms with van der Waals surface area (Å²) < 4.78 is 6.49. The lowest BCUT2D eigenvalue weighted by atomic mass is 10.0. The number of hydrogen-bond donors (Lipinski definition) is 2. The van der Waals surface area contributed by atoms with E-state index >= 15 is 0 Å². The molecule has 1 amide bonds. The van der Waals surface area contributed by atoms with Gasteiger partial charge < -0.3 is 15.2 Å². The van der Waals surface area contributed by atoms with Crippen LogP contribution in [-0.4, -0.2) is 29.6 Å². The second-order valence-corrected chi connectivity index (χ2v) is 5.80. The van der Waals surface area contributed by atoms with Crippen molar-refractivity contribution in [1.29, 1.82) is 0 Å². The van der Waals surface area contributed by atoms with E-state index in [1.54, 1.807) is 13.8 Å². The molecule has 0 fully saturated rings. The van der Waals surface area contributed by atoms with Gasteiger partial charge in [-0.15, -0.1) is 0 Å². The Balaban J connectivity index is 2.21. The van der Waals surface area contributed by atoms with Crippen LogP contribution in [0.15, 0.2) is 28.7 Å². The summed E-state index contributed by atoms with van der Waals surface area (Å²) in [6.45, 7) is 3.71. The first-order valence-corrected chi connectivity index (χ1v) is 7.60. The number of ether oxygens (including phenoxy) is 1. The zero-order valence-corrected chi connectivity index (χ0v) is 13.7. The number of hydrogen-bond acceptors (Lipinski definition) is 3. The van der Waals surface area contributed by atoms with Gasteiger partial charge in [-0.3, -0.25) is 9.59 Å². The van der Waals surface area contributed by atoms with Crippen molar-refractivity contribution in [2.75, 3.05) is 6.61 Å². The highest BCUT2D eigenvalue weighted by molar-refractivity contribution is 9.10. The maximum atomic E-state index is 11.7. The fraction of sp³-hybridized carbons (Fsp3) is 0.467. The highest BCUT2D eigenvalue weighted by atomic mass is 79.9. The summed E-state index contributed by atoms with van der Waals surface area (Å²) in [4.78, 5) is 22.5. The average molecular weight is 358 g/mol. The van der Waals surface area contributed by atoms with Gasteiger partial charge in [0.15, 0.2) is 0 Å². The van der Waals surface area contributed by atoms with Gasteiger partial charge in [-0.2, -0.15) is 0 Å². The molecule has 2 unspecified atom stereocenters. The molecular weight excluding hydrogens is 338 g/mol. The summed E-state index contributed by atoms with van der Waals surface area (Å²) in [6.07, 6.45) is 0.892. The summed E-state index contributed by atoms with van der Waals surface area (Å²) in [6, 6.07) is 7.08. The van der Waals surface area contributed by atoms with E-state index in [0.29, 0.717) is 19.4 Å². The van der Waals surface area contributed by atoms with Crippen molar-refractivity contribution in [1.82, 2.24) is 5.32 Å². The Morgan fingerprint density at radius 1 is 1.29 bits per heavy atom. The van der Waals surface area contributed by atoms with E-state index in [0.717, 1.165) is 10.2 Å². The van der Waals surface area contributed by atoms with Crippen LogP contribution in [0.5, 0.6) is 5.75 Å². The molecule has 0 saturated heterocycles. The lowest BCUT2D eigenvalue weighted by Gasteiger charge is -2.17. The maximum Gasteiger partial charge on any atom is 0.308 e. The lowest BCUT2D eigenvalue weighted by Crippen LogP contribution is -2.40. The third kappa shape index (κ3) is 6.62. The van der Waals surface area contributed by atoms with E-state index in [4.69, 9.17) is 9.84 Å².